The summed E-state index contributed by atoms with van der Waals surface area (Å²) in [6.07, 6.45) is 4.87. The fraction of sp³-hybridized carbons (Fsp3) is 0. The smallest absolute Gasteiger partial charge is 0.181 e. The third kappa shape index (κ3) is 1.67. The molecule has 0 atom stereocenters. The van der Waals surface area contributed by atoms with E-state index in [4.69, 9.17) is 5.73 Å². The largest absolute Gasteiger partial charge is 0.398 e. The van der Waals surface area contributed by atoms with Gasteiger partial charge in [0.05, 0.1) is 6.20 Å². The number of nitrogen functional groups attached to an aromatic ring is 1. The average Bonchev–Trinajstić information content (AvgIpc) is 2.39. The molecule has 0 aliphatic heterocycles. The van der Waals surface area contributed by atoms with Crippen LogP contribution in [-0.4, -0.2) is 19.9 Å². The zero-order valence-corrected chi connectivity index (χ0v) is 8.91. The maximum Gasteiger partial charge on any atom is 0.181 e. The van der Waals surface area contributed by atoms with Gasteiger partial charge in [0.15, 0.2) is 11.5 Å². The van der Waals surface area contributed by atoms with Gasteiger partial charge in [-0.2, -0.15) is 0 Å². The van der Waals surface area contributed by atoms with Crippen LogP contribution in [0.15, 0.2) is 42.9 Å². The van der Waals surface area contributed by atoms with Crippen LogP contribution < -0.4 is 5.73 Å². The molecule has 2 N–H and O–H groups in total. The predicted molar refractivity (Wildman–Crippen MR) is 65.0 cm³/mol. The third-order valence-electron chi connectivity index (χ3n) is 2.43. The molecule has 3 rings (SSSR count). The number of hydrogen-bond donors (Lipinski definition) is 1. The summed E-state index contributed by atoms with van der Waals surface area (Å²) in [5.41, 5.74) is 8.58. The summed E-state index contributed by atoms with van der Waals surface area (Å²) >= 11 is 0. The monoisotopic (exact) mass is 223 g/mol. The van der Waals surface area contributed by atoms with Crippen LogP contribution in [0.5, 0.6) is 0 Å². The second-order valence-electron chi connectivity index (χ2n) is 3.55. The molecule has 0 saturated carbocycles. The summed E-state index contributed by atoms with van der Waals surface area (Å²) in [5, 5.41) is 0. The number of fused-ring (bicyclic) bond motifs is 1. The van der Waals surface area contributed by atoms with Gasteiger partial charge in [0.1, 0.15) is 5.52 Å². The lowest BCUT2D eigenvalue weighted by Gasteiger charge is -2.03. The summed E-state index contributed by atoms with van der Waals surface area (Å²) in [4.78, 5) is 16.8. The van der Waals surface area contributed by atoms with Crippen molar-refractivity contribution < 1.29 is 0 Å². The molecule has 0 amide bonds. The van der Waals surface area contributed by atoms with E-state index in [1.165, 1.54) is 0 Å². The van der Waals surface area contributed by atoms with Crippen LogP contribution in [0, 0.1) is 0 Å². The van der Waals surface area contributed by atoms with Gasteiger partial charge in [0.25, 0.3) is 0 Å². The number of rotatable bonds is 1. The number of nitrogens with two attached hydrogens (primary N) is 1. The molecule has 0 aliphatic carbocycles. The Labute approximate surface area is 97.4 Å². The van der Waals surface area contributed by atoms with Crippen molar-refractivity contribution in [3.05, 3.63) is 42.9 Å². The van der Waals surface area contributed by atoms with Crippen LogP contribution in [0.25, 0.3) is 22.6 Å². The van der Waals surface area contributed by atoms with Gasteiger partial charge in [0, 0.05) is 23.6 Å². The summed E-state index contributed by atoms with van der Waals surface area (Å²) in [7, 11) is 0. The Bertz CT molecular complexity index is 680. The molecular weight excluding hydrogens is 214 g/mol. The topological polar surface area (TPSA) is 77.6 Å². The van der Waals surface area contributed by atoms with Crippen LogP contribution >= 0.6 is 0 Å². The quantitative estimate of drug-likeness (QED) is 0.635. The molecular formula is C12H9N5. The first kappa shape index (κ1) is 9.65. The van der Waals surface area contributed by atoms with E-state index in [1.807, 2.05) is 24.3 Å². The second kappa shape index (κ2) is 3.79. The number of para-hydroxylation sites is 1. The molecule has 2 aromatic heterocycles. The summed E-state index contributed by atoms with van der Waals surface area (Å²) in [6, 6.07) is 7.47. The molecule has 0 fully saturated rings. The van der Waals surface area contributed by atoms with Crippen LogP contribution in [0.2, 0.25) is 0 Å². The lowest BCUT2D eigenvalue weighted by Crippen LogP contribution is -1.96. The Morgan fingerprint density at radius 2 is 1.76 bits per heavy atom. The van der Waals surface area contributed by atoms with Crippen LogP contribution in [0.3, 0.4) is 0 Å². The van der Waals surface area contributed by atoms with E-state index in [0.717, 1.165) is 5.56 Å². The molecule has 0 aliphatic rings. The molecule has 5 nitrogen and oxygen atoms in total. The highest BCUT2D eigenvalue weighted by molar-refractivity contribution is 5.76. The van der Waals surface area contributed by atoms with E-state index in [9.17, 15) is 0 Å². The number of benzene rings is 1. The molecule has 0 saturated heterocycles. The van der Waals surface area contributed by atoms with Crippen molar-refractivity contribution >= 4 is 16.9 Å². The number of aromatic nitrogens is 4. The minimum Gasteiger partial charge on any atom is -0.398 e. The lowest BCUT2D eigenvalue weighted by atomic mass is 10.1. The van der Waals surface area contributed by atoms with E-state index in [0.29, 0.717) is 22.7 Å². The molecule has 2 heterocycles. The summed E-state index contributed by atoms with van der Waals surface area (Å²) in [5.74, 6) is 0.566. The summed E-state index contributed by atoms with van der Waals surface area (Å²) in [6.45, 7) is 0. The zero-order chi connectivity index (χ0) is 11.7. The van der Waals surface area contributed by atoms with Crippen molar-refractivity contribution in [1.29, 1.82) is 0 Å². The first-order valence-corrected chi connectivity index (χ1v) is 5.13. The Morgan fingerprint density at radius 3 is 2.65 bits per heavy atom. The van der Waals surface area contributed by atoms with E-state index in [-0.39, 0.29) is 0 Å². The molecule has 0 unspecified atom stereocenters. The maximum absolute atomic E-state index is 5.88. The molecule has 17 heavy (non-hydrogen) atoms. The van der Waals surface area contributed by atoms with Crippen molar-refractivity contribution in [2.24, 2.45) is 0 Å². The first-order valence-electron chi connectivity index (χ1n) is 5.13. The van der Waals surface area contributed by atoms with Crippen molar-refractivity contribution in [3.8, 4) is 11.4 Å². The van der Waals surface area contributed by atoms with Gasteiger partial charge in [-0.05, 0) is 12.1 Å². The molecule has 1 aromatic carbocycles. The standard InChI is InChI=1S/C12H9N5/c13-9-4-2-1-3-8(9)11-16-7-10-12(17-11)15-6-5-14-10/h1-7H,13H2. The lowest BCUT2D eigenvalue weighted by molar-refractivity contribution is 1.15. The van der Waals surface area contributed by atoms with Crippen molar-refractivity contribution in [1.82, 2.24) is 19.9 Å². The highest BCUT2D eigenvalue weighted by Crippen LogP contribution is 2.22. The molecule has 0 radical (unpaired) electrons. The highest BCUT2D eigenvalue weighted by atomic mass is 15.0. The van der Waals surface area contributed by atoms with Gasteiger partial charge in [-0.15, -0.1) is 0 Å². The highest BCUT2D eigenvalue weighted by Gasteiger charge is 2.06. The number of anilines is 1. The summed E-state index contributed by atoms with van der Waals surface area (Å²) < 4.78 is 0. The van der Waals surface area contributed by atoms with E-state index in [1.54, 1.807) is 18.6 Å². The molecule has 0 bridgehead atoms. The van der Waals surface area contributed by atoms with Crippen LogP contribution in [0.4, 0.5) is 5.69 Å². The SMILES string of the molecule is Nc1ccccc1-c1ncc2nccnc2n1. The molecule has 0 spiro atoms. The Morgan fingerprint density at radius 1 is 0.941 bits per heavy atom. The van der Waals surface area contributed by atoms with Crippen molar-refractivity contribution in [2.75, 3.05) is 5.73 Å². The van der Waals surface area contributed by atoms with Gasteiger partial charge < -0.3 is 5.73 Å². The number of nitrogens with zero attached hydrogens (tertiary/aromatic N) is 4. The van der Waals surface area contributed by atoms with Gasteiger partial charge >= 0.3 is 0 Å². The maximum atomic E-state index is 5.88. The van der Waals surface area contributed by atoms with Crippen LogP contribution in [0.1, 0.15) is 0 Å². The molecule has 82 valence electrons. The second-order valence-corrected chi connectivity index (χ2v) is 3.55. The zero-order valence-electron chi connectivity index (χ0n) is 8.91. The van der Waals surface area contributed by atoms with Gasteiger partial charge in [-0.1, -0.05) is 12.1 Å². The molecule has 3 aromatic rings. The Hall–Kier alpha value is -2.56. The minimum absolute atomic E-state index is 0.566. The number of hydrogen-bond acceptors (Lipinski definition) is 5. The fourth-order valence-electron chi connectivity index (χ4n) is 1.60. The van der Waals surface area contributed by atoms with Crippen molar-refractivity contribution in [2.45, 2.75) is 0 Å². The van der Waals surface area contributed by atoms with Crippen molar-refractivity contribution in [3.63, 3.8) is 0 Å². The van der Waals surface area contributed by atoms with E-state index >= 15 is 0 Å². The predicted octanol–water partition coefficient (Wildman–Crippen LogP) is 1.67. The van der Waals surface area contributed by atoms with E-state index < -0.39 is 0 Å². The van der Waals surface area contributed by atoms with Gasteiger partial charge in [0.2, 0.25) is 0 Å². The fourth-order valence-corrected chi connectivity index (χ4v) is 1.60. The normalized spacial score (nSPS) is 10.6. The Kier molecular flexibility index (Phi) is 2.15. The average molecular weight is 223 g/mol. The third-order valence-corrected chi connectivity index (χ3v) is 2.43. The van der Waals surface area contributed by atoms with E-state index in [2.05, 4.69) is 19.9 Å². The minimum atomic E-state index is 0.566. The van der Waals surface area contributed by atoms with Gasteiger partial charge in [-0.3, -0.25) is 0 Å². The molecule has 5 heteroatoms. The van der Waals surface area contributed by atoms with Gasteiger partial charge in [-0.25, -0.2) is 19.9 Å². The van der Waals surface area contributed by atoms with Crippen LogP contribution in [-0.2, 0) is 0 Å². The Balaban J connectivity index is 2.22. The first-order chi connectivity index (χ1) is 8.34.